The molecule has 0 atom stereocenters. The summed E-state index contributed by atoms with van der Waals surface area (Å²) in [5, 5.41) is 5.84. The molecule has 5 nitrogen and oxygen atoms in total. The molecule has 6 heteroatoms. The Morgan fingerprint density at radius 3 is 2.89 bits per heavy atom. The van der Waals surface area contributed by atoms with E-state index < -0.39 is 0 Å². The Morgan fingerprint density at radius 2 is 2.11 bits per heavy atom. The first-order chi connectivity index (χ1) is 9.24. The average molecular weight is 270 g/mol. The van der Waals surface area contributed by atoms with Crippen LogP contribution in [-0.4, -0.2) is 20.9 Å². The molecule has 0 saturated heterocycles. The molecule has 0 unspecified atom stereocenters. The minimum absolute atomic E-state index is 0.267. The van der Waals surface area contributed by atoms with E-state index >= 15 is 0 Å². The number of hydrogen-bond acceptors (Lipinski definition) is 5. The van der Waals surface area contributed by atoms with Gasteiger partial charge in [-0.25, -0.2) is 15.0 Å². The van der Waals surface area contributed by atoms with E-state index in [1.165, 1.54) is 11.3 Å². The Balaban J connectivity index is 2.06. The van der Waals surface area contributed by atoms with Crippen molar-refractivity contribution in [1.82, 2.24) is 15.0 Å². The van der Waals surface area contributed by atoms with Crippen molar-refractivity contribution in [2.45, 2.75) is 6.92 Å². The first kappa shape index (κ1) is 11.7. The lowest BCUT2D eigenvalue weighted by Gasteiger charge is -2.06. The van der Waals surface area contributed by atoms with Crippen LogP contribution < -0.4 is 5.32 Å². The van der Waals surface area contributed by atoms with Crippen LogP contribution in [0.3, 0.4) is 0 Å². The van der Waals surface area contributed by atoms with Gasteiger partial charge in [-0.3, -0.25) is 10.1 Å². The molecule has 0 aliphatic heterocycles. The van der Waals surface area contributed by atoms with Crippen LogP contribution in [-0.2, 0) is 0 Å². The van der Waals surface area contributed by atoms with Crippen LogP contribution in [0.4, 0.5) is 5.13 Å². The third-order valence-electron chi connectivity index (χ3n) is 2.58. The number of aryl methyl sites for hydroxylation is 1. The molecule has 1 aromatic carbocycles. The number of hydrogen-bond donors (Lipinski definition) is 1. The quantitative estimate of drug-likeness (QED) is 0.777. The van der Waals surface area contributed by atoms with Gasteiger partial charge in [0, 0.05) is 17.0 Å². The van der Waals surface area contributed by atoms with E-state index in [2.05, 4.69) is 20.3 Å². The summed E-state index contributed by atoms with van der Waals surface area (Å²) in [4.78, 5) is 24.8. The first-order valence-electron chi connectivity index (χ1n) is 5.68. The Labute approximate surface area is 113 Å². The summed E-state index contributed by atoms with van der Waals surface area (Å²) >= 11 is 1.37. The van der Waals surface area contributed by atoms with Crippen molar-refractivity contribution in [1.29, 1.82) is 0 Å². The third kappa shape index (κ3) is 2.30. The van der Waals surface area contributed by atoms with Gasteiger partial charge in [0.25, 0.3) is 5.91 Å². The topological polar surface area (TPSA) is 67.8 Å². The molecule has 94 valence electrons. The molecular weight excluding hydrogens is 260 g/mol. The maximum Gasteiger partial charge on any atom is 0.276 e. The van der Waals surface area contributed by atoms with Gasteiger partial charge < -0.3 is 0 Å². The summed E-state index contributed by atoms with van der Waals surface area (Å²) in [5.74, 6) is 0.305. The Kier molecular flexibility index (Phi) is 2.92. The predicted molar refractivity (Wildman–Crippen MR) is 74.3 cm³/mol. The molecule has 0 saturated carbocycles. The number of fused-ring (bicyclic) bond motifs is 1. The highest BCUT2D eigenvalue weighted by molar-refractivity contribution is 7.13. The van der Waals surface area contributed by atoms with Gasteiger partial charge in [0.1, 0.15) is 11.5 Å². The zero-order chi connectivity index (χ0) is 13.2. The van der Waals surface area contributed by atoms with Crippen LogP contribution in [0.1, 0.15) is 16.3 Å². The molecule has 2 aromatic heterocycles. The van der Waals surface area contributed by atoms with E-state index in [4.69, 9.17) is 0 Å². The number of nitrogens with zero attached hydrogens (tertiary/aromatic N) is 3. The Bertz CT molecular complexity index is 739. The van der Waals surface area contributed by atoms with Crippen molar-refractivity contribution in [2.75, 3.05) is 5.32 Å². The Hall–Kier alpha value is -2.34. The monoisotopic (exact) mass is 270 g/mol. The minimum atomic E-state index is -0.267. The maximum atomic E-state index is 12.2. The van der Waals surface area contributed by atoms with Gasteiger partial charge in [-0.2, -0.15) is 0 Å². The number of aromatic nitrogens is 3. The zero-order valence-electron chi connectivity index (χ0n) is 10.1. The van der Waals surface area contributed by atoms with Crippen LogP contribution in [0.25, 0.3) is 10.9 Å². The second-order valence-electron chi connectivity index (χ2n) is 3.93. The molecule has 19 heavy (non-hydrogen) atoms. The second-order valence-corrected chi connectivity index (χ2v) is 4.82. The van der Waals surface area contributed by atoms with Crippen LogP contribution in [0, 0.1) is 6.92 Å². The van der Waals surface area contributed by atoms with Crippen molar-refractivity contribution in [3.8, 4) is 0 Å². The molecule has 3 rings (SSSR count). The number of rotatable bonds is 2. The molecule has 0 radical (unpaired) electrons. The predicted octanol–water partition coefficient (Wildman–Crippen LogP) is 2.65. The number of nitrogens with one attached hydrogen (secondary N) is 1. The van der Waals surface area contributed by atoms with Crippen LogP contribution >= 0.6 is 11.3 Å². The molecule has 3 aromatic rings. The fourth-order valence-corrected chi connectivity index (χ4v) is 2.33. The molecule has 0 fully saturated rings. The number of carbonyl (C=O) groups is 1. The van der Waals surface area contributed by atoms with E-state index in [1.807, 2.05) is 24.3 Å². The van der Waals surface area contributed by atoms with E-state index in [9.17, 15) is 4.79 Å². The Morgan fingerprint density at radius 1 is 1.26 bits per heavy atom. The van der Waals surface area contributed by atoms with Crippen molar-refractivity contribution in [3.63, 3.8) is 0 Å². The zero-order valence-corrected chi connectivity index (χ0v) is 10.9. The lowest BCUT2D eigenvalue weighted by atomic mass is 10.2. The van der Waals surface area contributed by atoms with Crippen LogP contribution in [0.5, 0.6) is 0 Å². The molecule has 0 aliphatic carbocycles. The first-order valence-corrected chi connectivity index (χ1v) is 6.56. The average Bonchev–Trinajstić information content (AvgIpc) is 2.90. The highest BCUT2D eigenvalue weighted by Crippen LogP contribution is 2.18. The molecule has 0 bridgehead atoms. The molecule has 0 aliphatic rings. The van der Waals surface area contributed by atoms with Crippen molar-refractivity contribution < 1.29 is 4.79 Å². The number of anilines is 1. The summed E-state index contributed by atoms with van der Waals surface area (Å²) in [6.45, 7) is 1.77. The van der Waals surface area contributed by atoms with Gasteiger partial charge in [0.15, 0.2) is 5.13 Å². The third-order valence-corrected chi connectivity index (χ3v) is 3.27. The van der Waals surface area contributed by atoms with Gasteiger partial charge in [-0.1, -0.05) is 18.2 Å². The number of thiazole rings is 1. The summed E-state index contributed by atoms with van der Waals surface area (Å²) in [6, 6.07) is 7.45. The van der Waals surface area contributed by atoms with Crippen LogP contribution in [0.15, 0.2) is 35.8 Å². The SMILES string of the molecule is Cc1nc(C(=O)Nc2nccs2)c2ccccc2n1. The fourth-order valence-electron chi connectivity index (χ4n) is 1.81. The number of amides is 1. The maximum absolute atomic E-state index is 12.2. The molecule has 1 amide bonds. The highest BCUT2D eigenvalue weighted by Gasteiger charge is 2.14. The second kappa shape index (κ2) is 4.74. The fraction of sp³-hybridized carbons (Fsp3) is 0.0769. The summed E-state index contributed by atoms with van der Waals surface area (Å²) in [7, 11) is 0. The molecule has 1 N–H and O–H groups in total. The highest BCUT2D eigenvalue weighted by atomic mass is 32.1. The normalized spacial score (nSPS) is 10.6. The summed E-state index contributed by atoms with van der Waals surface area (Å²) in [6.07, 6.45) is 1.64. The van der Waals surface area contributed by atoms with Gasteiger partial charge in [0.2, 0.25) is 0 Å². The van der Waals surface area contributed by atoms with Crippen molar-refractivity contribution in [2.24, 2.45) is 0 Å². The van der Waals surface area contributed by atoms with Gasteiger partial charge in [0.05, 0.1) is 5.52 Å². The van der Waals surface area contributed by atoms with E-state index in [1.54, 1.807) is 18.5 Å². The van der Waals surface area contributed by atoms with Gasteiger partial charge >= 0.3 is 0 Å². The number of carbonyl (C=O) groups excluding carboxylic acids is 1. The van der Waals surface area contributed by atoms with Crippen LogP contribution in [0.2, 0.25) is 0 Å². The van der Waals surface area contributed by atoms with Crippen molar-refractivity contribution >= 4 is 33.3 Å². The van der Waals surface area contributed by atoms with Gasteiger partial charge in [-0.05, 0) is 13.0 Å². The van der Waals surface area contributed by atoms with Gasteiger partial charge in [-0.15, -0.1) is 11.3 Å². The lowest BCUT2D eigenvalue weighted by molar-refractivity contribution is 0.102. The van der Waals surface area contributed by atoms with Crippen molar-refractivity contribution in [3.05, 3.63) is 47.4 Å². The van der Waals surface area contributed by atoms with E-state index in [0.717, 1.165) is 10.9 Å². The van der Waals surface area contributed by atoms with E-state index in [0.29, 0.717) is 16.6 Å². The molecular formula is C13H10N4OS. The lowest BCUT2D eigenvalue weighted by Crippen LogP contribution is -2.15. The smallest absolute Gasteiger partial charge is 0.276 e. The number of benzene rings is 1. The molecule has 2 heterocycles. The standard InChI is InChI=1S/C13H10N4OS/c1-8-15-10-5-3-2-4-9(10)11(16-8)12(18)17-13-14-6-7-19-13/h2-7H,1H3,(H,14,17,18). The summed E-state index contributed by atoms with van der Waals surface area (Å²) < 4.78 is 0. The molecule has 0 spiro atoms. The van der Waals surface area contributed by atoms with E-state index in [-0.39, 0.29) is 5.91 Å². The largest absolute Gasteiger partial charge is 0.296 e. The minimum Gasteiger partial charge on any atom is -0.296 e. The summed E-state index contributed by atoms with van der Waals surface area (Å²) in [5.41, 5.74) is 1.14. The number of para-hydroxylation sites is 1.